The molecular formula is C22H18F4N2O. The van der Waals surface area contributed by atoms with Crippen LogP contribution in [0.15, 0.2) is 55.0 Å². The van der Waals surface area contributed by atoms with Gasteiger partial charge >= 0.3 is 6.18 Å². The van der Waals surface area contributed by atoms with Crippen LogP contribution in [0.3, 0.4) is 0 Å². The molecule has 150 valence electrons. The molecule has 7 heteroatoms. The molecule has 0 bridgehead atoms. The van der Waals surface area contributed by atoms with Crippen molar-refractivity contribution in [2.75, 3.05) is 0 Å². The van der Waals surface area contributed by atoms with Gasteiger partial charge in [-0.1, -0.05) is 30.7 Å². The Morgan fingerprint density at radius 2 is 1.83 bits per heavy atom. The van der Waals surface area contributed by atoms with E-state index in [1.807, 2.05) is 0 Å². The standard InChI is InChI=1S/C22H18F4N2O/c23-20-17(19-12-27-10-11-28-19)9-8-16(14-5-3-6-14)21(20)29-13-15-4-1-2-7-18(15)22(24,25)26/h1-2,4,7-12,14H,3,5-6,13H2. The lowest BCUT2D eigenvalue weighted by Crippen LogP contribution is -2.14. The van der Waals surface area contributed by atoms with Crippen molar-refractivity contribution in [3.05, 3.63) is 77.5 Å². The first kappa shape index (κ1) is 19.4. The average Bonchev–Trinajstić information content (AvgIpc) is 2.66. The van der Waals surface area contributed by atoms with E-state index < -0.39 is 17.6 Å². The maximum atomic E-state index is 15.4. The maximum Gasteiger partial charge on any atom is 0.416 e. The molecule has 1 saturated carbocycles. The summed E-state index contributed by atoms with van der Waals surface area (Å²) in [5.41, 5.74) is 0.413. The van der Waals surface area contributed by atoms with Crippen LogP contribution in [0.5, 0.6) is 5.75 Å². The molecule has 29 heavy (non-hydrogen) atoms. The Kier molecular flexibility index (Phi) is 5.22. The SMILES string of the molecule is Fc1c(-c2cnccn2)ccc(C2CCC2)c1OCc1ccccc1C(F)(F)F. The van der Waals surface area contributed by atoms with E-state index in [9.17, 15) is 13.2 Å². The smallest absolute Gasteiger partial charge is 0.416 e. The van der Waals surface area contributed by atoms with Crippen LogP contribution in [-0.2, 0) is 12.8 Å². The molecule has 1 aliphatic carbocycles. The highest BCUT2D eigenvalue weighted by Crippen LogP contribution is 2.44. The van der Waals surface area contributed by atoms with E-state index in [0.717, 1.165) is 25.3 Å². The van der Waals surface area contributed by atoms with Gasteiger partial charge in [-0.25, -0.2) is 4.39 Å². The summed E-state index contributed by atoms with van der Waals surface area (Å²) < 4.78 is 60.8. The molecule has 4 rings (SSSR count). The van der Waals surface area contributed by atoms with E-state index in [1.54, 1.807) is 12.1 Å². The zero-order valence-electron chi connectivity index (χ0n) is 15.4. The van der Waals surface area contributed by atoms with Gasteiger partial charge in [-0.15, -0.1) is 0 Å². The van der Waals surface area contributed by atoms with E-state index in [-0.39, 0.29) is 29.4 Å². The lowest BCUT2D eigenvalue weighted by atomic mass is 9.79. The minimum Gasteiger partial charge on any atom is -0.485 e. The van der Waals surface area contributed by atoms with E-state index in [2.05, 4.69) is 9.97 Å². The third kappa shape index (κ3) is 3.95. The van der Waals surface area contributed by atoms with Crippen LogP contribution in [-0.4, -0.2) is 9.97 Å². The zero-order valence-corrected chi connectivity index (χ0v) is 15.4. The number of hydrogen-bond acceptors (Lipinski definition) is 3. The van der Waals surface area contributed by atoms with Gasteiger partial charge in [0.25, 0.3) is 0 Å². The van der Waals surface area contributed by atoms with Gasteiger partial charge in [0.15, 0.2) is 11.6 Å². The van der Waals surface area contributed by atoms with Crippen molar-refractivity contribution in [1.29, 1.82) is 0 Å². The monoisotopic (exact) mass is 402 g/mol. The average molecular weight is 402 g/mol. The molecular weight excluding hydrogens is 384 g/mol. The second-order valence-electron chi connectivity index (χ2n) is 7.01. The molecule has 3 nitrogen and oxygen atoms in total. The van der Waals surface area contributed by atoms with Gasteiger partial charge < -0.3 is 4.74 Å². The van der Waals surface area contributed by atoms with E-state index in [1.165, 1.54) is 36.8 Å². The highest BCUT2D eigenvalue weighted by atomic mass is 19.4. The fourth-order valence-corrected chi connectivity index (χ4v) is 3.47. The van der Waals surface area contributed by atoms with Crippen LogP contribution in [0.2, 0.25) is 0 Å². The molecule has 0 aliphatic heterocycles. The summed E-state index contributed by atoms with van der Waals surface area (Å²) in [7, 11) is 0. The summed E-state index contributed by atoms with van der Waals surface area (Å²) in [6.07, 6.45) is 2.71. The summed E-state index contributed by atoms with van der Waals surface area (Å²) >= 11 is 0. The quantitative estimate of drug-likeness (QED) is 0.480. The van der Waals surface area contributed by atoms with Crippen molar-refractivity contribution in [2.24, 2.45) is 0 Å². The van der Waals surface area contributed by atoms with Crippen LogP contribution in [0, 0.1) is 5.82 Å². The molecule has 0 saturated heterocycles. The Labute approximate surface area is 165 Å². The number of aromatic nitrogens is 2. The van der Waals surface area contributed by atoms with Crippen molar-refractivity contribution in [1.82, 2.24) is 9.97 Å². The molecule has 2 aromatic carbocycles. The predicted molar refractivity (Wildman–Crippen MR) is 99.8 cm³/mol. The van der Waals surface area contributed by atoms with Crippen molar-refractivity contribution < 1.29 is 22.3 Å². The number of rotatable bonds is 5. The Hall–Kier alpha value is -2.96. The molecule has 0 amide bonds. The Morgan fingerprint density at radius 1 is 1.03 bits per heavy atom. The molecule has 0 spiro atoms. The number of ether oxygens (including phenoxy) is 1. The second-order valence-corrected chi connectivity index (χ2v) is 7.01. The third-order valence-corrected chi connectivity index (χ3v) is 5.21. The van der Waals surface area contributed by atoms with Crippen LogP contribution in [0.4, 0.5) is 17.6 Å². The summed E-state index contributed by atoms with van der Waals surface area (Å²) in [6.45, 7) is -0.379. The van der Waals surface area contributed by atoms with Gasteiger partial charge in [0.2, 0.25) is 0 Å². The minimum atomic E-state index is -4.50. The lowest BCUT2D eigenvalue weighted by molar-refractivity contribution is -0.138. The predicted octanol–water partition coefficient (Wildman–Crippen LogP) is 6.15. The summed E-state index contributed by atoms with van der Waals surface area (Å²) in [5.74, 6) is -0.484. The Morgan fingerprint density at radius 3 is 2.48 bits per heavy atom. The lowest BCUT2D eigenvalue weighted by Gasteiger charge is -2.28. The molecule has 1 heterocycles. The highest BCUT2D eigenvalue weighted by molar-refractivity contribution is 5.63. The maximum absolute atomic E-state index is 15.4. The molecule has 3 aromatic rings. The third-order valence-electron chi connectivity index (χ3n) is 5.21. The minimum absolute atomic E-state index is 0.00479. The second kappa shape index (κ2) is 7.81. The zero-order chi connectivity index (χ0) is 20.4. The van der Waals surface area contributed by atoms with E-state index in [4.69, 9.17) is 4.74 Å². The molecule has 1 aromatic heterocycles. The summed E-state index contributed by atoms with van der Waals surface area (Å²) in [4.78, 5) is 8.07. The molecule has 1 aliphatic rings. The number of benzene rings is 2. The molecule has 0 N–H and O–H groups in total. The van der Waals surface area contributed by atoms with Crippen LogP contribution in [0.1, 0.15) is 41.9 Å². The summed E-state index contributed by atoms with van der Waals surface area (Å²) in [6, 6.07) is 8.58. The van der Waals surface area contributed by atoms with Crippen molar-refractivity contribution in [3.8, 4) is 17.0 Å². The first-order valence-electron chi connectivity index (χ1n) is 9.32. The van der Waals surface area contributed by atoms with Gasteiger partial charge in [0.1, 0.15) is 6.61 Å². The number of hydrogen-bond donors (Lipinski definition) is 0. The van der Waals surface area contributed by atoms with Gasteiger partial charge in [-0.05, 0) is 30.9 Å². The first-order chi connectivity index (χ1) is 13.9. The van der Waals surface area contributed by atoms with E-state index in [0.29, 0.717) is 11.3 Å². The normalized spacial score (nSPS) is 14.5. The molecule has 0 unspecified atom stereocenters. The molecule has 0 radical (unpaired) electrons. The van der Waals surface area contributed by atoms with Crippen LogP contribution >= 0.6 is 0 Å². The van der Waals surface area contributed by atoms with Crippen LogP contribution in [0.25, 0.3) is 11.3 Å². The van der Waals surface area contributed by atoms with Gasteiger partial charge in [0.05, 0.1) is 17.5 Å². The Bertz CT molecular complexity index is 1000. The Balaban J connectivity index is 1.71. The fraction of sp³-hybridized carbons (Fsp3) is 0.273. The summed E-state index contributed by atoms with van der Waals surface area (Å²) in [5, 5.41) is 0. The first-order valence-corrected chi connectivity index (χ1v) is 9.32. The highest BCUT2D eigenvalue weighted by Gasteiger charge is 2.33. The fourth-order valence-electron chi connectivity index (χ4n) is 3.47. The van der Waals surface area contributed by atoms with Crippen molar-refractivity contribution in [2.45, 2.75) is 38.0 Å². The number of halogens is 4. The van der Waals surface area contributed by atoms with Crippen molar-refractivity contribution in [3.63, 3.8) is 0 Å². The van der Waals surface area contributed by atoms with E-state index >= 15 is 4.39 Å². The van der Waals surface area contributed by atoms with Crippen LogP contribution < -0.4 is 4.74 Å². The van der Waals surface area contributed by atoms with Gasteiger partial charge in [-0.2, -0.15) is 13.2 Å². The topological polar surface area (TPSA) is 35.0 Å². The number of nitrogens with zero attached hydrogens (tertiary/aromatic N) is 2. The van der Waals surface area contributed by atoms with Crippen molar-refractivity contribution >= 4 is 0 Å². The molecule has 0 atom stereocenters. The molecule has 1 fully saturated rings. The van der Waals surface area contributed by atoms with Gasteiger partial charge in [0, 0.05) is 29.1 Å². The largest absolute Gasteiger partial charge is 0.485 e. The number of alkyl halides is 3. The van der Waals surface area contributed by atoms with Gasteiger partial charge in [-0.3, -0.25) is 9.97 Å².